The molecule has 0 aliphatic carbocycles. The van der Waals surface area contributed by atoms with Gasteiger partial charge in [-0.25, -0.2) is 8.42 Å². The summed E-state index contributed by atoms with van der Waals surface area (Å²) in [6, 6.07) is 5.13. The van der Waals surface area contributed by atoms with Gasteiger partial charge >= 0.3 is 5.97 Å². The molecule has 1 aliphatic rings. The summed E-state index contributed by atoms with van der Waals surface area (Å²) in [5.74, 6) is -1.36. The number of carboxylic acid groups (broad SMARTS) is 1. The lowest BCUT2D eigenvalue weighted by molar-refractivity contribution is -0.141. The van der Waals surface area contributed by atoms with Crippen LogP contribution in [0, 0.1) is 5.92 Å². The van der Waals surface area contributed by atoms with Crippen LogP contribution in [0.15, 0.2) is 23.1 Å². The Morgan fingerprint density at radius 1 is 1.50 bits per heavy atom. The van der Waals surface area contributed by atoms with Gasteiger partial charge in [0.25, 0.3) is 0 Å². The molecule has 1 N–H and O–H groups in total. The summed E-state index contributed by atoms with van der Waals surface area (Å²) in [5, 5.41) is 8.52. The highest BCUT2D eigenvalue weighted by Gasteiger charge is 2.35. The molecule has 1 heterocycles. The topological polar surface area (TPSA) is 71.4 Å². The lowest BCUT2D eigenvalue weighted by Crippen LogP contribution is -2.13. The number of hydrogen-bond acceptors (Lipinski definition) is 3. The van der Waals surface area contributed by atoms with Gasteiger partial charge in [-0.1, -0.05) is 19.1 Å². The summed E-state index contributed by atoms with van der Waals surface area (Å²) in [6.45, 7) is 3.33. The van der Waals surface area contributed by atoms with Crippen LogP contribution < -0.4 is 0 Å². The van der Waals surface area contributed by atoms with E-state index < -0.39 is 27.0 Å². The maximum absolute atomic E-state index is 12.0. The first-order valence-electron chi connectivity index (χ1n) is 5.91. The Labute approximate surface area is 107 Å². The highest BCUT2D eigenvalue weighted by molar-refractivity contribution is 7.92. The van der Waals surface area contributed by atoms with Crippen molar-refractivity contribution in [3.8, 4) is 0 Å². The Hall–Kier alpha value is -1.36. The van der Waals surface area contributed by atoms with Crippen LogP contribution in [-0.4, -0.2) is 24.7 Å². The molecule has 0 radical (unpaired) electrons. The van der Waals surface area contributed by atoms with Gasteiger partial charge in [0.15, 0.2) is 9.84 Å². The quantitative estimate of drug-likeness (QED) is 0.905. The van der Waals surface area contributed by atoms with Crippen LogP contribution in [0.25, 0.3) is 0 Å². The Balaban J connectivity index is 2.43. The van der Waals surface area contributed by atoms with Crippen LogP contribution in [-0.2, 0) is 27.5 Å². The third-order valence-electron chi connectivity index (χ3n) is 3.51. The normalized spacial score (nSPS) is 22.4. The maximum Gasteiger partial charge on any atom is 0.306 e. The van der Waals surface area contributed by atoms with Crippen molar-refractivity contribution in [2.24, 2.45) is 5.92 Å². The molecule has 1 aromatic rings. The van der Waals surface area contributed by atoms with Gasteiger partial charge in [0.2, 0.25) is 0 Å². The van der Waals surface area contributed by atoms with Gasteiger partial charge in [-0.05, 0) is 37.0 Å². The summed E-state index contributed by atoms with van der Waals surface area (Å²) in [4.78, 5) is 11.3. The first-order chi connectivity index (χ1) is 8.34. The van der Waals surface area contributed by atoms with Crippen molar-refractivity contribution in [2.45, 2.75) is 36.8 Å². The molecule has 2 atom stereocenters. The molecule has 98 valence electrons. The molecule has 4 nitrogen and oxygen atoms in total. The van der Waals surface area contributed by atoms with Crippen LogP contribution >= 0.6 is 0 Å². The third kappa shape index (κ3) is 2.03. The monoisotopic (exact) mass is 268 g/mol. The fourth-order valence-corrected chi connectivity index (χ4v) is 3.98. The van der Waals surface area contributed by atoms with Crippen LogP contribution in [0.3, 0.4) is 0 Å². The number of hydrogen-bond donors (Lipinski definition) is 1. The highest BCUT2D eigenvalue weighted by atomic mass is 32.2. The van der Waals surface area contributed by atoms with Crippen molar-refractivity contribution in [2.75, 3.05) is 0 Å². The number of sulfone groups is 1. The molecule has 2 rings (SSSR count). The van der Waals surface area contributed by atoms with Crippen LogP contribution in [0.2, 0.25) is 0 Å². The molecule has 18 heavy (non-hydrogen) atoms. The van der Waals surface area contributed by atoms with E-state index in [-0.39, 0.29) is 0 Å². The van der Waals surface area contributed by atoms with Gasteiger partial charge in [-0.3, -0.25) is 4.79 Å². The fourth-order valence-electron chi connectivity index (χ4n) is 2.33. The van der Waals surface area contributed by atoms with Gasteiger partial charge in [0, 0.05) is 0 Å². The summed E-state index contributed by atoms with van der Waals surface area (Å²) < 4.78 is 24.1. The van der Waals surface area contributed by atoms with Crippen molar-refractivity contribution in [3.05, 3.63) is 29.3 Å². The van der Waals surface area contributed by atoms with E-state index in [9.17, 15) is 13.2 Å². The molecular formula is C13H16O4S. The van der Waals surface area contributed by atoms with Crippen molar-refractivity contribution in [1.29, 1.82) is 0 Å². The van der Waals surface area contributed by atoms with E-state index in [1.807, 2.05) is 6.07 Å². The molecule has 0 amide bonds. The first-order valence-corrected chi connectivity index (χ1v) is 7.46. The van der Waals surface area contributed by atoms with Crippen LogP contribution in [0.4, 0.5) is 0 Å². The Bertz CT molecular complexity index is 589. The molecule has 0 spiro atoms. The van der Waals surface area contributed by atoms with Crippen LogP contribution in [0.5, 0.6) is 0 Å². The van der Waals surface area contributed by atoms with Gasteiger partial charge in [-0.15, -0.1) is 0 Å². The minimum absolute atomic E-state index is 0.376. The zero-order chi connectivity index (χ0) is 13.5. The smallest absolute Gasteiger partial charge is 0.306 e. The van der Waals surface area contributed by atoms with E-state index in [4.69, 9.17) is 5.11 Å². The number of carbonyl (C=O) groups is 1. The lowest BCUT2D eigenvalue weighted by Gasteiger charge is -2.10. The third-order valence-corrected chi connectivity index (χ3v) is 5.73. The SMILES string of the molecule is CC(Cc1cccc2c1CC(C)S2(=O)=O)C(=O)O. The van der Waals surface area contributed by atoms with Gasteiger partial charge in [0.1, 0.15) is 0 Å². The average molecular weight is 268 g/mol. The molecule has 0 saturated carbocycles. The second kappa shape index (κ2) is 4.39. The predicted molar refractivity (Wildman–Crippen MR) is 67.3 cm³/mol. The van der Waals surface area contributed by atoms with Gasteiger partial charge in [-0.2, -0.15) is 0 Å². The standard InChI is InChI=1S/C13H16O4S/c1-8(13(14)15)6-10-4-3-5-12-11(10)7-9(2)18(12,16)17/h3-5,8-9H,6-7H2,1-2H3,(H,14,15). The minimum Gasteiger partial charge on any atom is -0.481 e. The van der Waals surface area contributed by atoms with Crippen molar-refractivity contribution >= 4 is 15.8 Å². The lowest BCUT2D eigenvalue weighted by atomic mass is 9.95. The highest BCUT2D eigenvalue weighted by Crippen LogP contribution is 2.34. The van der Waals surface area contributed by atoms with E-state index in [2.05, 4.69) is 0 Å². The average Bonchev–Trinajstić information content (AvgIpc) is 2.52. The zero-order valence-electron chi connectivity index (χ0n) is 10.4. The van der Waals surface area contributed by atoms with Gasteiger partial charge in [0.05, 0.1) is 16.1 Å². The summed E-state index contributed by atoms with van der Waals surface area (Å²) in [7, 11) is -3.21. The second-order valence-electron chi connectivity index (χ2n) is 4.90. The maximum atomic E-state index is 12.0. The number of fused-ring (bicyclic) bond motifs is 1. The summed E-state index contributed by atoms with van der Waals surface area (Å²) in [6.07, 6.45) is 0.862. The van der Waals surface area contributed by atoms with Crippen molar-refractivity contribution in [1.82, 2.24) is 0 Å². The van der Waals surface area contributed by atoms with Crippen molar-refractivity contribution in [3.63, 3.8) is 0 Å². The Kier molecular flexibility index (Phi) is 3.19. The minimum atomic E-state index is -3.21. The van der Waals surface area contributed by atoms with E-state index in [1.165, 1.54) is 0 Å². The predicted octanol–water partition coefficient (Wildman–Crippen LogP) is 1.67. The molecule has 2 unspecified atom stereocenters. The Morgan fingerprint density at radius 2 is 2.17 bits per heavy atom. The van der Waals surface area contributed by atoms with E-state index in [0.29, 0.717) is 17.7 Å². The molecule has 1 aliphatic heterocycles. The van der Waals surface area contributed by atoms with E-state index in [1.54, 1.807) is 26.0 Å². The number of benzene rings is 1. The molecule has 0 saturated heterocycles. The first kappa shape index (κ1) is 13.1. The van der Waals surface area contributed by atoms with Crippen LogP contribution in [0.1, 0.15) is 25.0 Å². The second-order valence-corrected chi connectivity index (χ2v) is 7.23. The molecule has 5 heteroatoms. The van der Waals surface area contributed by atoms with Crippen molar-refractivity contribution < 1.29 is 18.3 Å². The number of carboxylic acids is 1. The largest absolute Gasteiger partial charge is 0.481 e. The van der Waals surface area contributed by atoms with E-state index in [0.717, 1.165) is 11.1 Å². The molecule has 1 aromatic carbocycles. The molecule has 0 fully saturated rings. The Morgan fingerprint density at radius 3 is 2.78 bits per heavy atom. The van der Waals surface area contributed by atoms with Gasteiger partial charge < -0.3 is 5.11 Å². The molecule has 0 aromatic heterocycles. The molecular weight excluding hydrogens is 252 g/mol. The molecule has 0 bridgehead atoms. The summed E-state index contributed by atoms with van der Waals surface area (Å²) >= 11 is 0. The van der Waals surface area contributed by atoms with E-state index >= 15 is 0 Å². The summed E-state index contributed by atoms with van der Waals surface area (Å²) in [5.41, 5.74) is 1.65. The fraction of sp³-hybridized carbons (Fsp3) is 0.462. The zero-order valence-corrected chi connectivity index (χ0v) is 11.2. The number of rotatable bonds is 3. The number of aliphatic carboxylic acids is 1.